The quantitative estimate of drug-likeness (QED) is 0.568. The van der Waals surface area contributed by atoms with Gasteiger partial charge in [0.25, 0.3) is 0 Å². The first kappa shape index (κ1) is 7.86. The molecule has 2 aliphatic heterocycles. The maximum atomic E-state index is 10.6. The molecule has 1 amide bonds. The molecule has 0 aromatic heterocycles. The van der Waals surface area contributed by atoms with E-state index in [4.69, 9.17) is 5.11 Å². The lowest BCUT2D eigenvalue weighted by Gasteiger charge is -2.18. The number of rotatable bonds is 0. The fourth-order valence-corrected chi connectivity index (χ4v) is 2.33. The van der Waals surface area contributed by atoms with Gasteiger partial charge in [-0.15, -0.1) is 0 Å². The Hall–Kier alpha value is -0.770. The standard InChI is InChI=1S/C8H14N2O2/c1-9-3-2-6-4-10(8(11)12)5-7(6)9/h6-7H,2-5H2,1H3,(H,11,12). The largest absolute Gasteiger partial charge is 0.465 e. The minimum atomic E-state index is -0.766. The zero-order valence-electron chi connectivity index (χ0n) is 7.23. The second-order valence-electron chi connectivity index (χ2n) is 3.78. The van der Waals surface area contributed by atoms with Crippen LogP contribution in [0.1, 0.15) is 6.42 Å². The number of fused-ring (bicyclic) bond motifs is 1. The van der Waals surface area contributed by atoms with Gasteiger partial charge in [-0.1, -0.05) is 0 Å². The average Bonchev–Trinajstić information content (AvgIpc) is 2.53. The zero-order chi connectivity index (χ0) is 8.72. The summed E-state index contributed by atoms with van der Waals surface area (Å²) in [5, 5.41) is 8.76. The lowest BCUT2D eigenvalue weighted by Crippen LogP contribution is -2.34. The molecular formula is C8H14N2O2. The van der Waals surface area contributed by atoms with E-state index in [0.29, 0.717) is 18.5 Å². The molecular weight excluding hydrogens is 156 g/mol. The van der Waals surface area contributed by atoms with Crippen LogP contribution in [0.5, 0.6) is 0 Å². The van der Waals surface area contributed by atoms with Crippen LogP contribution in [0.25, 0.3) is 0 Å². The predicted octanol–water partition coefficient (Wildman–Crippen LogP) is 0.300. The van der Waals surface area contributed by atoms with Crippen molar-refractivity contribution in [1.82, 2.24) is 9.80 Å². The number of amides is 1. The molecule has 2 saturated heterocycles. The van der Waals surface area contributed by atoms with Gasteiger partial charge in [0.2, 0.25) is 0 Å². The maximum Gasteiger partial charge on any atom is 0.407 e. The van der Waals surface area contributed by atoms with E-state index in [0.717, 1.165) is 19.5 Å². The summed E-state index contributed by atoms with van der Waals surface area (Å²) in [6.07, 6.45) is 0.392. The summed E-state index contributed by atoms with van der Waals surface area (Å²) in [6, 6.07) is 0.487. The van der Waals surface area contributed by atoms with Gasteiger partial charge in [-0.25, -0.2) is 4.79 Å². The van der Waals surface area contributed by atoms with E-state index in [-0.39, 0.29) is 0 Å². The topological polar surface area (TPSA) is 43.8 Å². The van der Waals surface area contributed by atoms with Crippen LogP contribution >= 0.6 is 0 Å². The molecule has 2 atom stereocenters. The molecule has 2 heterocycles. The van der Waals surface area contributed by atoms with Crippen LogP contribution in [0, 0.1) is 5.92 Å². The van der Waals surface area contributed by atoms with Crippen molar-refractivity contribution < 1.29 is 9.90 Å². The fourth-order valence-electron chi connectivity index (χ4n) is 2.33. The van der Waals surface area contributed by atoms with Crippen LogP contribution in [0.2, 0.25) is 0 Å². The third-order valence-corrected chi connectivity index (χ3v) is 3.10. The second kappa shape index (κ2) is 2.62. The Bertz CT molecular complexity index is 207. The van der Waals surface area contributed by atoms with Gasteiger partial charge in [0, 0.05) is 19.1 Å². The summed E-state index contributed by atoms with van der Waals surface area (Å²) in [5.74, 6) is 0.589. The first-order valence-electron chi connectivity index (χ1n) is 4.36. The number of hydrogen-bond acceptors (Lipinski definition) is 2. The highest BCUT2D eigenvalue weighted by Gasteiger charge is 2.41. The third-order valence-electron chi connectivity index (χ3n) is 3.10. The SMILES string of the molecule is CN1CCC2CN(C(=O)O)CC21. The molecule has 12 heavy (non-hydrogen) atoms. The van der Waals surface area contributed by atoms with E-state index >= 15 is 0 Å². The van der Waals surface area contributed by atoms with Crippen molar-refractivity contribution in [2.24, 2.45) is 5.92 Å². The average molecular weight is 170 g/mol. The number of carboxylic acid groups (broad SMARTS) is 1. The molecule has 68 valence electrons. The number of carbonyl (C=O) groups is 1. The number of hydrogen-bond donors (Lipinski definition) is 1. The Labute approximate surface area is 71.8 Å². The monoisotopic (exact) mass is 170 g/mol. The minimum Gasteiger partial charge on any atom is -0.465 e. The third kappa shape index (κ3) is 1.06. The van der Waals surface area contributed by atoms with Crippen LogP contribution < -0.4 is 0 Å². The first-order chi connectivity index (χ1) is 5.68. The Balaban J connectivity index is 2.03. The molecule has 4 nitrogen and oxygen atoms in total. The van der Waals surface area contributed by atoms with Crippen LogP contribution in [0.3, 0.4) is 0 Å². The lowest BCUT2D eigenvalue weighted by atomic mass is 10.1. The Morgan fingerprint density at radius 2 is 2.25 bits per heavy atom. The number of nitrogens with zero attached hydrogens (tertiary/aromatic N) is 2. The highest BCUT2D eigenvalue weighted by Crippen LogP contribution is 2.29. The van der Waals surface area contributed by atoms with E-state index in [9.17, 15) is 4.79 Å². The van der Waals surface area contributed by atoms with Gasteiger partial charge in [-0.3, -0.25) is 0 Å². The van der Waals surface area contributed by atoms with Gasteiger partial charge in [-0.05, 0) is 25.9 Å². The van der Waals surface area contributed by atoms with Crippen molar-refractivity contribution in [3.05, 3.63) is 0 Å². The van der Waals surface area contributed by atoms with E-state index in [1.807, 2.05) is 0 Å². The van der Waals surface area contributed by atoms with Gasteiger partial charge in [0.15, 0.2) is 0 Å². The summed E-state index contributed by atoms with van der Waals surface area (Å²) in [5.41, 5.74) is 0. The normalized spacial score (nSPS) is 35.6. The van der Waals surface area contributed by atoms with E-state index in [2.05, 4.69) is 11.9 Å². The molecule has 0 aromatic carbocycles. The molecule has 2 rings (SSSR count). The van der Waals surface area contributed by atoms with Gasteiger partial charge >= 0.3 is 6.09 Å². The smallest absolute Gasteiger partial charge is 0.407 e. The van der Waals surface area contributed by atoms with E-state index in [1.54, 1.807) is 0 Å². The molecule has 1 N–H and O–H groups in total. The molecule has 0 radical (unpaired) electrons. The Morgan fingerprint density at radius 3 is 2.83 bits per heavy atom. The van der Waals surface area contributed by atoms with E-state index < -0.39 is 6.09 Å². The highest BCUT2D eigenvalue weighted by molar-refractivity contribution is 5.65. The summed E-state index contributed by atoms with van der Waals surface area (Å²) >= 11 is 0. The Kier molecular flexibility index (Phi) is 1.72. The van der Waals surface area contributed by atoms with Crippen molar-refractivity contribution >= 4 is 6.09 Å². The van der Waals surface area contributed by atoms with Crippen molar-refractivity contribution in [3.63, 3.8) is 0 Å². The predicted molar refractivity (Wildman–Crippen MR) is 44.1 cm³/mol. The van der Waals surface area contributed by atoms with E-state index in [1.165, 1.54) is 4.90 Å². The highest BCUT2D eigenvalue weighted by atomic mass is 16.4. The molecule has 2 aliphatic rings. The summed E-state index contributed by atoms with van der Waals surface area (Å²) in [6.45, 7) is 2.57. The van der Waals surface area contributed by atoms with Crippen molar-refractivity contribution in [2.45, 2.75) is 12.5 Å². The van der Waals surface area contributed by atoms with Crippen molar-refractivity contribution in [1.29, 1.82) is 0 Å². The van der Waals surface area contributed by atoms with Gasteiger partial charge in [0.05, 0.1) is 0 Å². The number of likely N-dealkylation sites (N-methyl/N-ethyl adjacent to an activating group) is 1. The molecule has 2 unspecified atom stereocenters. The summed E-state index contributed by atoms with van der Waals surface area (Å²) < 4.78 is 0. The Morgan fingerprint density at radius 1 is 1.50 bits per heavy atom. The molecule has 0 saturated carbocycles. The van der Waals surface area contributed by atoms with Gasteiger partial charge < -0.3 is 14.9 Å². The minimum absolute atomic E-state index is 0.487. The van der Waals surface area contributed by atoms with Gasteiger partial charge in [0.1, 0.15) is 0 Å². The van der Waals surface area contributed by atoms with Crippen LogP contribution in [0.15, 0.2) is 0 Å². The molecule has 0 bridgehead atoms. The van der Waals surface area contributed by atoms with Crippen molar-refractivity contribution in [2.75, 3.05) is 26.7 Å². The summed E-state index contributed by atoms with van der Waals surface area (Å²) in [7, 11) is 2.08. The molecule has 0 spiro atoms. The molecule has 2 fully saturated rings. The zero-order valence-corrected chi connectivity index (χ0v) is 7.23. The molecule has 0 aromatic rings. The van der Waals surface area contributed by atoms with Crippen LogP contribution in [0.4, 0.5) is 4.79 Å². The lowest BCUT2D eigenvalue weighted by molar-refractivity contribution is 0.149. The molecule has 0 aliphatic carbocycles. The molecule has 4 heteroatoms. The fraction of sp³-hybridized carbons (Fsp3) is 0.875. The maximum absolute atomic E-state index is 10.6. The second-order valence-corrected chi connectivity index (χ2v) is 3.78. The van der Waals surface area contributed by atoms with Crippen LogP contribution in [-0.4, -0.2) is 53.7 Å². The first-order valence-corrected chi connectivity index (χ1v) is 4.36. The summed E-state index contributed by atoms with van der Waals surface area (Å²) in [4.78, 5) is 14.5. The number of likely N-dealkylation sites (tertiary alicyclic amines) is 2. The van der Waals surface area contributed by atoms with Crippen LogP contribution in [-0.2, 0) is 0 Å². The van der Waals surface area contributed by atoms with Crippen molar-refractivity contribution in [3.8, 4) is 0 Å². The van der Waals surface area contributed by atoms with Gasteiger partial charge in [-0.2, -0.15) is 0 Å².